The van der Waals surface area contributed by atoms with Crippen molar-refractivity contribution in [1.29, 1.82) is 0 Å². The molecule has 78 valence electrons. The van der Waals surface area contributed by atoms with Crippen LogP contribution in [0.5, 0.6) is 0 Å². The van der Waals surface area contributed by atoms with Crippen LogP contribution in [0.3, 0.4) is 0 Å². The molecule has 1 aromatic carbocycles. The Bertz CT molecular complexity index is 438. The topological polar surface area (TPSA) is 12.4 Å². The molecular weight excluding hydrogens is 193 g/mol. The van der Waals surface area contributed by atoms with Crippen LogP contribution in [0.25, 0.3) is 0 Å². The Morgan fingerprint density at radius 1 is 1.00 bits per heavy atom. The Morgan fingerprint density at radius 3 is 2.31 bits per heavy atom. The first-order valence-electron chi connectivity index (χ1n) is 5.51. The summed E-state index contributed by atoms with van der Waals surface area (Å²) in [7, 11) is 0. The van der Waals surface area contributed by atoms with Crippen molar-refractivity contribution >= 4 is 18.8 Å². The minimum atomic E-state index is 0.510. The van der Waals surface area contributed by atoms with Gasteiger partial charge in [0.25, 0.3) is 0 Å². The molecule has 2 heteroatoms. The van der Waals surface area contributed by atoms with Gasteiger partial charge in [-0.1, -0.05) is 25.1 Å². The van der Waals surface area contributed by atoms with Gasteiger partial charge in [0.1, 0.15) is 0 Å². The molecule has 1 aromatic heterocycles. The fraction of sp³-hybridized carbons (Fsp3) is 0.143. The molecule has 2 aromatic rings. The molecule has 3 rings (SSSR count). The van der Waals surface area contributed by atoms with Crippen molar-refractivity contribution in [3.05, 3.63) is 60.0 Å². The zero-order valence-corrected chi connectivity index (χ0v) is 9.38. The third kappa shape index (κ3) is 2.66. The molecule has 0 amide bonds. The maximum absolute atomic E-state index is 4.26. The molecule has 0 saturated heterocycles. The Labute approximate surface area is 97.1 Å². The average Bonchev–Trinajstić information content (AvgIpc) is 2.75. The standard InChI is InChI=1S/C9H9N.C5H5B/c1-7-6-10-9-5-3-2-4-8(7)9;1-2-4-6-5-3-1/h2-7H,1H3;1-5H. The fourth-order valence-corrected chi connectivity index (χ4v) is 1.65. The van der Waals surface area contributed by atoms with E-state index in [0.717, 1.165) is 5.69 Å². The third-order valence-corrected chi connectivity index (χ3v) is 2.53. The van der Waals surface area contributed by atoms with Crippen molar-refractivity contribution in [2.45, 2.75) is 12.8 Å². The summed E-state index contributed by atoms with van der Waals surface area (Å²) in [6.07, 6.45) is 1.99. The van der Waals surface area contributed by atoms with Crippen molar-refractivity contribution in [2.75, 3.05) is 0 Å². The SMILES string of the molecule is CC1C=Nc2ccccc21.b1ccccc1. The van der Waals surface area contributed by atoms with Crippen LogP contribution in [0.1, 0.15) is 18.4 Å². The third-order valence-electron chi connectivity index (χ3n) is 2.53. The molecule has 0 radical (unpaired) electrons. The van der Waals surface area contributed by atoms with Gasteiger partial charge in [-0.05, 0) is 11.6 Å². The fourth-order valence-electron chi connectivity index (χ4n) is 1.65. The predicted molar refractivity (Wildman–Crippen MR) is 70.8 cm³/mol. The number of fused-ring (bicyclic) bond motifs is 1. The second-order valence-electron chi connectivity index (χ2n) is 3.78. The molecule has 0 spiro atoms. The molecule has 0 bridgehead atoms. The van der Waals surface area contributed by atoms with Crippen LogP contribution in [-0.2, 0) is 0 Å². The van der Waals surface area contributed by atoms with E-state index in [-0.39, 0.29) is 0 Å². The van der Waals surface area contributed by atoms with Crippen molar-refractivity contribution in [2.24, 2.45) is 4.99 Å². The molecule has 0 fully saturated rings. The van der Waals surface area contributed by atoms with Crippen molar-refractivity contribution < 1.29 is 0 Å². The van der Waals surface area contributed by atoms with Gasteiger partial charge in [0, 0.05) is 12.1 Å². The molecule has 2 heterocycles. The van der Waals surface area contributed by atoms with Crippen molar-refractivity contribution in [3.8, 4) is 0 Å². The number of nitrogens with zero attached hydrogens (tertiary/aromatic N) is 1. The van der Waals surface area contributed by atoms with Gasteiger partial charge in [0.05, 0.1) is 5.69 Å². The first-order valence-corrected chi connectivity index (χ1v) is 5.51. The normalized spacial score (nSPS) is 15.9. The number of benzene rings is 1. The number of hydrogen-bond donors (Lipinski definition) is 0. The summed E-state index contributed by atoms with van der Waals surface area (Å²) < 4.78 is 0. The van der Waals surface area contributed by atoms with E-state index in [1.54, 1.807) is 0 Å². The Morgan fingerprint density at radius 2 is 1.75 bits per heavy atom. The van der Waals surface area contributed by atoms with E-state index in [4.69, 9.17) is 0 Å². The van der Waals surface area contributed by atoms with Crippen molar-refractivity contribution in [1.82, 2.24) is 0 Å². The van der Waals surface area contributed by atoms with Crippen LogP contribution in [0.2, 0.25) is 0 Å². The van der Waals surface area contributed by atoms with Gasteiger partial charge in [-0.3, -0.25) is 4.99 Å². The van der Waals surface area contributed by atoms with E-state index in [1.807, 2.05) is 49.3 Å². The summed E-state index contributed by atoms with van der Waals surface area (Å²) in [6, 6.07) is 14.3. The molecule has 0 N–H and O–H groups in total. The Balaban J connectivity index is 0.000000138. The van der Waals surface area contributed by atoms with Crippen LogP contribution in [-0.4, -0.2) is 13.1 Å². The molecule has 1 nitrogen and oxygen atoms in total. The number of para-hydroxylation sites is 1. The van der Waals surface area contributed by atoms with Crippen LogP contribution >= 0.6 is 0 Å². The molecule has 0 saturated carbocycles. The monoisotopic (exact) mass is 207 g/mol. The van der Waals surface area contributed by atoms with Crippen LogP contribution in [0.15, 0.2) is 59.4 Å². The molecular formula is C14H14BN. The first kappa shape index (κ1) is 10.8. The summed E-state index contributed by atoms with van der Waals surface area (Å²) in [6.45, 7) is 4.16. The number of aliphatic imine (C=N–C) groups is 1. The molecule has 0 aliphatic carbocycles. The zero-order valence-electron chi connectivity index (χ0n) is 9.38. The predicted octanol–water partition coefficient (Wildman–Crippen LogP) is 3.53. The molecule has 16 heavy (non-hydrogen) atoms. The summed E-state index contributed by atoms with van der Waals surface area (Å²) in [4.78, 5) is 4.26. The quantitative estimate of drug-likeness (QED) is 0.626. The van der Waals surface area contributed by atoms with Crippen molar-refractivity contribution in [3.63, 3.8) is 0 Å². The first-order chi connectivity index (χ1) is 7.88. The van der Waals surface area contributed by atoms with Crippen LogP contribution in [0.4, 0.5) is 5.69 Å². The Hall–Kier alpha value is -1.70. The number of rotatable bonds is 0. The molecule has 1 aliphatic heterocycles. The summed E-state index contributed by atoms with van der Waals surface area (Å²) in [5.41, 5.74) is 2.48. The maximum atomic E-state index is 4.26. The second-order valence-corrected chi connectivity index (χ2v) is 3.78. The van der Waals surface area contributed by atoms with E-state index < -0.39 is 0 Å². The Kier molecular flexibility index (Phi) is 3.65. The summed E-state index contributed by atoms with van der Waals surface area (Å²) in [5, 5.41) is 0. The zero-order chi connectivity index (χ0) is 11.2. The molecule has 1 aliphatic rings. The summed E-state index contributed by atoms with van der Waals surface area (Å²) >= 11 is 0. The van der Waals surface area contributed by atoms with E-state index in [2.05, 4.69) is 30.1 Å². The van der Waals surface area contributed by atoms with Gasteiger partial charge in [-0.15, -0.1) is 0 Å². The average molecular weight is 207 g/mol. The number of hydrogen-bond acceptors (Lipinski definition) is 1. The minimum absolute atomic E-state index is 0.510. The van der Waals surface area contributed by atoms with Gasteiger partial charge in [-0.2, -0.15) is 0 Å². The van der Waals surface area contributed by atoms with E-state index in [1.165, 1.54) is 5.56 Å². The van der Waals surface area contributed by atoms with Gasteiger partial charge < -0.3 is 0 Å². The van der Waals surface area contributed by atoms with Gasteiger partial charge in [-0.25, -0.2) is 0 Å². The van der Waals surface area contributed by atoms with Gasteiger partial charge >= 0.3 is 37.0 Å². The van der Waals surface area contributed by atoms with E-state index in [9.17, 15) is 0 Å². The van der Waals surface area contributed by atoms with E-state index in [0.29, 0.717) is 5.92 Å². The second kappa shape index (κ2) is 5.41. The van der Waals surface area contributed by atoms with Gasteiger partial charge in [0.2, 0.25) is 0 Å². The molecule has 1 atom stereocenters. The van der Waals surface area contributed by atoms with E-state index >= 15 is 0 Å². The molecule has 1 unspecified atom stereocenters. The van der Waals surface area contributed by atoms with Gasteiger partial charge in [0.15, 0.2) is 0 Å². The van der Waals surface area contributed by atoms with Crippen LogP contribution in [0, 0.1) is 0 Å². The van der Waals surface area contributed by atoms with Crippen LogP contribution < -0.4 is 0 Å². The summed E-state index contributed by atoms with van der Waals surface area (Å²) in [5.74, 6) is 4.51.